The van der Waals surface area contributed by atoms with Crippen LogP contribution >= 0.6 is 24.0 Å². The van der Waals surface area contributed by atoms with E-state index in [2.05, 4.69) is 20.8 Å². The molecule has 2 saturated carbocycles. The minimum atomic E-state index is -0.0187. The van der Waals surface area contributed by atoms with Crippen molar-refractivity contribution in [1.29, 1.82) is 0 Å². The first kappa shape index (κ1) is 19.1. The minimum Gasteiger partial charge on any atom is -0.327 e. The van der Waals surface area contributed by atoms with Gasteiger partial charge < -0.3 is 11.1 Å². The second-order valence-corrected chi connectivity index (χ2v) is 7.40. The van der Waals surface area contributed by atoms with E-state index in [1.165, 1.54) is 0 Å². The number of rotatable bonds is 5. The molecule has 4 rings (SSSR count). The van der Waals surface area contributed by atoms with Gasteiger partial charge in [-0.15, -0.1) is 17.5 Å². The zero-order valence-corrected chi connectivity index (χ0v) is 15.8. The lowest BCUT2D eigenvalue weighted by molar-refractivity contribution is -0.117. The Kier molecular flexibility index (Phi) is 5.79. The van der Waals surface area contributed by atoms with Gasteiger partial charge in [-0.1, -0.05) is 18.0 Å². The molecule has 1 amide bonds. The summed E-state index contributed by atoms with van der Waals surface area (Å²) in [5, 5.41) is 15.4. The van der Waals surface area contributed by atoms with Crippen molar-refractivity contribution in [3.63, 3.8) is 0 Å². The summed E-state index contributed by atoms with van der Waals surface area (Å²) in [5.74, 6) is 1.47. The third-order valence-corrected chi connectivity index (χ3v) is 5.38. The summed E-state index contributed by atoms with van der Waals surface area (Å²) < 4.78 is 1.67. The van der Waals surface area contributed by atoms with Crippen LogP contribution < -0.4 is 11.1 Å². The number of nitrogens with one attached hydrogen (secondary N) is 1. The Balaban J connectivity index is 0.00000196. The van der Waals surface area contributed by atoms with Crippen molar-refractivity contribution < 1.29 is 4.79 Å². The Labute approximate surface area is 163 Å². The largest absolute Gasteiger partial charge is 0.327 e. The lowest BCUT2D eigenvalue weighted by Gasteiger charge is -2.15. The summed E-state index contributed by atoms with van der Waals surface area (Å²) >= 11 is 6.33. The van der Waals surface area contributed by atoms with Gasteiger partial charge in [0.25, 0.3) is 0 Å². The molecule has 0 bridgehead atoms. The van der Waals surface area contributed by atoms with Crippen molar-refractivity contribution in [2.45, 2.75) is 50.5 Å². The van der Waals surface area contributed by atoms with E-state index < -0.39 is 0 Å². The maximum Gasteiger partial charge on any atom is 0.224 e. The number of carbonyl (C=O) groups excluding carboxylic acids is 1. The second kappa shape index (κ2) is 7.90. The fraction of sp³-hybridized carbons (Fsp3) is 0.529. The molecule has 3 N–H and O–H groups in total. The summed E-state index contributed by atoms with van der Waals surface area (Å²) in [4.78, 5) is 12.3. The van der Waals surface area contributed by atoms with Gasteiger partial charge in [0.1, 0.15) is 0 Å². The number of tetrazole rings is 1. The first-order chi connectivity index (χ1) is 12.1. The van der Waals surface area contributed by atoms with E-state index in [4.69, 9.17) is 17.3 Å². The predicted molar refractivity (Wildman–Crippen MR) is 102 cm³/mol. The van der Waals surface area contributed by atoms with Gasteiger partial charge >= 0.3 is 0 Å². The molecule has 1 aromatic carbocycles. The number of carbonyl (C=O) groups is 1. The zero-order valence-electron chi connectivity index (χ0n) is 14.3. The molecule has 2 atom stereocenters. The highest BCUT2D eigenvalue weighted by molar-refractivity contribution is 6.32. The average Bonchev–Trinajstić information content (AvgIpc) is 3.18. The van der Waals surface area contributed by atoms with E-state index in [9.17, 15) is 4.79 Å². The number of nitrogens with two attached hydrogens (primary N) is 1. The number of nitrogens with zero attached hydrogens (tertiary/aromatic N) is 4. The molecular formula is C17H22Cl2N6O. The Bertz CT molecular complexity index is 791. The SMILES string of the molecule is Cl.N[C@@H]1CCC[C@H]1CC(=O)Nc1ccc(Cl)c(-n2nnnc2C2CC2)c1. The van der Waals surface area contributed by atoms with E-state index in [1.807, 2.05) is 6.07 Å². The van der Waals surface area contributed by atoms with E-state index >= 15 is 0 Å². The fourth-order valence-corrected chi connectivity index (χ4v) is 3.68. The maximum atomic E-state index is 12.3. The van der Waals surface area contributed by atoms with Gasteiger partial charge in [-0.05, 0) is 60.2 Å². The van der Waals surface area contributed by atoms with Crippen LogP contribution in [0.3, 0.4) is 0 Å². The third kappa shape index (κ3) is 4.00. The van der Waals surface area contributed by atoms with Crippen molar-refractivity contribution in [2.24, 2.45) is 11.7 Å². The van der Waals surface area contributed by atoms with E-state index in [0.717, 1.165) is 37.9 Å². The molecule has 26 heavy (non-hydrogen) atoms. The van der Waals surface area contributed by atoms with Crippen LogP contribution in [-0.2, 0) is 4.79 Å². The summed E-state index contributed by atoms with van der Waals surface area (Å²) in [6.07, 6.45) is 5.78. The highest BCUT2D eigenvalue weighted by Crippen LogP contribution is 2.40. The Morgan fingerprint density at radius 1 is 1.31 bits per heavy atom. The quantitative estimate of drug-likeness (QED) is 0.808. The molecule has 0 aliphatic heterocycles. The standard InChI is InChI=1S/C17H21ClN6O.ClH/c18-13-7-6-12(20-16(25)8-11-2-1-3-14(11)19)9-15(13)24-17(10-4-5-10)21-22-23-24;/h6-7,9-11,14H,1-5,8,19H2,(H,20,25);1H/t11-,14+;/m0./s1. The lowest BCUT2D eigenvalue weighted by Crippen LogP contribution is -2.28. The van der Waals surface area contributed by atoms with Gasteiger partial charge in [-0.2, -0.15) is 4.68 Å². The van der Waals surface area contributed by atoms with Crippen LogP contribution in [0.5, 0.6) is 0 Å². The van der Waals surface area contributed by atoms with Crippen LogP contribution in [0.1, 0.15) is 50.3 Å². The molecule has 9 heteroatoms. The molecule has 0 saturated heterocycles. The van der Waals surface area contributed by atoms with Gasteiger partial charge in [0, 0.05) is 24.1 Å². The van der Waals surface area contributed by atoms with E-state index in [-0.39, 0.29) is 30.3 Å². The van der Waals surface area contributed by atoms with Gasteiger partial charge in [0.15, 0.2) is 5.82 Å². The van der Waals surface area contributed by atoms with Crippen molar-refractivity contribution in [3.05, 3.63) is 29.0 Å². The third-order valence-electron chi connectivity index (χ3n) is 5.06. The topological polar surface area (TPSA) is 98.7 Å². The molecule has 140 valence electrons. The number of halogens is 2. The monoisotopic (exact) mass is 396 g/mol. The minimum absolute atomic E-state index is 0. The highest BCUT2D eigenvalue weighted by Gasteiger charge is 2.30. The molecule has 0 spiro atoms. The van der Waals surface area contributed by atoms with Crippen molar-refractivity contribution in [2.75, 3.05) is 5.32 Å². The predicted octanol–water partition coefficient (Wildman–Crippen LogP) is 3.07. The molecule has 1 aromatic heterocycles. The van der Waals surface area contributed by atoms with Crippen molar-refractivity contribution >= 4 is 35.6 Å². The number of amides is 1. The van der Waals surface area contributed by atoms with Gasteiger partial charge in [0.2, 0.25) is 5.91 Å². The average molecular weight is 397 g/mol. The zero-order chi connectivity index (χ0) is 17.4. The first-order valence-corrected chi connectivity index (χ1v) is 9.13. The second-order valence-electron chi connectivity index (χ2n) is 7.00. The van der Waals surface area contributed by atoms with Gasteiger partial charge in [-0.25, -0.2) is 0 Å². The number of benzene rings is 1. The van der Waals surface area contributed by atoms with Crippen LogP contribution in [0.4, 0.5) is 5.69 Å². The molecule has 2 fully saturated rings. The summed E-state index contributed by atoms with van der Waals surface area (Å²) in [5.41, 5.74) is 7.43. The Morgan fingerprint density at radius 2 is 2.12 bits per heavy atom. The molecule has 2 aliphatic rings. The number of anilines is 1. The maximum absolute atomic E-state index is 12.3. The molecule has 1 heterocycles. The molecule has 0 radical (unpaired) electrons. The van der Waals surface area contributed by atoms with Gasteiger partial charge in [0.05, 0.1) is 10.7 Å². The summed E-state index contributed by atoms with van der Waals surface area (Å²) in [7, 11) is 0. The lowest BCUT2D eigenvalue weighted by atomic mass is 10.00. The van der Waals surface area contributed by atoms with E-state index in [1.54, 1.807) is 16.8 Å². The Morgan fingerprint density at radius 3 is 2.81 bits per heavy atom. The molecule has 0 unspecified atom stereocenters. The molecule has 7 nitrogen and oxygen atoms in total. The van der Waals surface area contributed by atoms with Crippen LogP contribution in [0.25, 0.3) is 5.69 Å². The molecular weight excluding hydrogens is 375 g/mol. The normalized spacial score (nSPS) is 22.1. The number of hydrogen-bond acceptors (Lipinski definition) is 5. The molecule has 2 aromatic rings. The first-order valence-electron chi connectivity index (χ1n) is 8.75. The number of aromatic nitrogens is 4. The molecule has 2 aliphatic carbocycles. The van der Waals surface area contributed by atoms with Gasteiger partial charge in [-0.3, -0.25) is 4.79 Å². The number of hydrogen-bond donors (Lipinski definition) is 2. The fourth-order valence-electron chi connectivity index (χ4n) is 3.48. The summed E-state index contributed by atoms with van der Waals surface area (Å²) in [6.45, 7) is 0. The summed E-state index contributed by atoms with van der Waals surface area (Å²) in [6, 6.07) is 5.50. The van der Waals surface area contributed by atoms with Crippen molar-refractivity contribution in [3.8, 4) is 5.69 Å². The Hall–Kier alpha value is -1.70. The van der Waals surface area contributed by atoms with Crippen LogP contribution in [0.15, 0.2) is 18.2 Å². The smallest absolute Gasteiger partial charge is 0.224 e. The van der Waals surface area contributed by atoms with Crippen LogP contribution in [0, 0.1) is 5.92 Å². The van der Waals surface area contributed by atoms with E-state index in [0.29, 0.717) is 28.7 Å². The van der Waals surface area contributed by atoms with Crippen LogP contribution in [-0.4, -0.2) is 32.2 Å². The van der Waals surface area contributed by atoms with Crippen molar-refractivity contribution in [1.82, 2.24) is 20.2 Å². The highest BCUT2D eigenvalue weighted by atomic mass is 35.5. The van der Waals surface area contributed by atoms with Crippen LogP contribution in [0.2, 0.25) is 5.02 Å².